The van der Waals surface area contributed by atoms with Gasteiger partial charge in [-0.3, -0.25) is 9.59 Å². The van der Waals surface area contributed by atoms with Gasteiger partial charge in [0.1, 0.15) is 10.9 Å². The molecule has 0 fully saturated rings. The van der Waals surface area contributed by atoms with Crippen molar-refractivity contribution in [3.63, 3.8) is 0 Å². The molecule has 0 unspecified atom stereocenters. The highest BCUT2D eigenvalue weighted by Gasteiger charge is 2.30. The highest BCUT2D eigenvalue weighted by Crippen LogP contribution is 2.20. The van der Waals surface area contributed by atoms with E-state index in [1.54, 1.807) is 24.3 Å². The molecule has 3 N–H and O–H groups in total. The van der Waals surface area contributed by atoms with Crippen molar-refractivity contribution in [3.05, 3.63) is 41.2 Å². The second-order valence-electron chi connectivity index (χ2n) is 5.09. The Morgan fingerprint density at radius 1 is 1.28 bits per heavy atom. The van der Waals surface area contributed by atoms with Crippen LogP contribution in [-0.4, -0.2) is 46.4 Å². The molecule has 0 aliphatic carbocycles. The molecule has 9 nitrogen and oxygen atoms in total. The summed E-state index contributed by atoms with van der Waals surface area (Å²) < 4.78 is 28.0. The molecule has 11 heteroatoms. The van der Waals surface area contributed by atoms with Crippen LogP contribution in [0.25, 0.3) is 5.69 Å². The van der Waals surface area contributed by atoms with Crippen LogP contribution in [0.15, 0.2) is 35.4 Å². The molecule has 0 radical (unpaired) electrons. The number of hydrogen-bond donors (Lipinski definition) is 3. The highest BCUT2D eigenvalue weighted by molar-refractivity contribution is 7.89. The first kappa shape index (κ1) is 18.9. The molecule has 0 amide bonds. The smallest absolute Gasteiger partial charge is 0.322 e. The van der Waals surface area contributed by atoms with Crippen LogP contribution < -0.4 is 4.72 Å². The van der Waals surface area contributed by atoms with E-state index in [0.717, 1.165) is 6.20 Å². The van der Waals surface area contributed by atoms with Crippen molar-refractivity contribution in [3.8, 4) is 5.69 Å². The Hall–Kier alpha value is -2.43. The molecule has 25 heavy (non-hydrogen) atoms. The van der Waals surface area contributed by atoms with Gasteiger partial charge in [-0.1, -0.05) is 11.6 Å². The molecule has 1 atom stereocenters. The van der Waals surface area contributed by atoms with Gasteiger partial charge in [0.2, 0.25) is 10.0 Å². The zero-order valence-electron chi connectivity index (χ0n) is 12.9. The first-order chi connectivity index (χ1) is 11.6. The first-order valence-electron chi connectivity index (χ1n) is 6.89. The van der Waals surface area contributed by atoms with Gasteiger partial charge in [-0.25, -0.2) is 13.1 Å². The number of aromatic nitrogens is 2. The van der Waals surface area contributed by atoms with E-state index >= 15 is 0 Å². The van der Waals surface area contributed by atoms with Crippen molar-refractivity contribution in [2.24, 2.45) is 0 Å². The Labute approximate surface area is 147 Å². The van der Waals surface area contributed by atoms with E-state index in [4.69, 9.17) is 21.8 Å². The third-order valence-electron chi connectivity index (χ3n) is 3.30. The number of aliphatic carboxylic acids is 2. The summed E-state index contributed by atoms with van der Waals surface area (Å²) in [5, 5.41) is 22.2. The zero-order chi connectivity index (χ0) is 18.8. The van der Waals surface area contributed by atoms with Crippen LogP contribution in [-0.2, 0) is 19.6 Å². The molecule has 2 aromatic rings. The third-order valence-corrected chi connectivity index (χ3v) is 5.13. The van der Waals surface area contributed by atoms with Gasteiger partial charge in [0.15, 0.2) is 0 Å². The van der Waals surface area contributed by atoms with Crippen LogP contribution in [0.3, 0.4) is 0 Å². The van der Waals surface area contributed by atoms with Crippen molar-refractivity contribution in [2.75, 3.05) is 0 Å². The lowest BCUT2D eigenvalue weighted by molar-refractivity contribution is -0.145. The van der Waals surface area contributed by atoms with E-state index in [9.17, 15) is 18.0 Å². The summed E-state index contributed by atoms with van der Waals surface area (Å²) in [6.45, 7) is 1.49. The molecule has 2 rings (SSSR count). The quantitative estimate of drug-likeness (QED) is 0.645. The van der Waals surface area contributed by atoms with Crippen LogP contribution >= 0.6 is 11.6 Å². The normalized spacial score (nSPS) is 12.7. The first-order valence-corrected chi connectivity index (χ1v) is 8.75. The second kappa shape index (κ2) is 7.21. The van der Waals surface area contributed by atoms with Crippen LogP contribution in [0.2, 0.25) is 5.02 Å². The fourth-order valence-electron chi connectivity index (χ4n) is 2.11. The summed E-state index contributed by atoms with van der Waals surface area (Å²) in [6.07, 6.45) is 0.172. The summed E-state index contributed by atoms with van der Waals surface area (Å²) in [6, 6.07) is 4.70. The molecule has 1 aromatic heterocycles. The molecule has 1 aromatic carbocycles. The average molecular weight is 388 g/mol. The molecule has 0 bridgehead atoms. The summed E-state index contributed by atoms with van der Waals surface area (Å²) >= 11 is 5.81. The number of benzene rings is 1. The molecule has 1 heterocycles. The Kier molecular flexibility index (Phi) is 5.45. The van der Waals surface area contributed by atoms with E-state index in [1.165, 1.54) is 11.6 Å². The topological polar surface area (TPSA) is 139 Å². The van der Waals surface area contributed by atoms with Gasteiger partial charge < -0.3 is 10.2 Å². The summed E-state index contributed by atoms with van der Waals surface area (Å²) in [4.78, 5) is 21.5. The van der Waals surface area contributed by atoms with Crippen molar-refractivity contribution < 1.29 is 28.2 Å². The Balaban J connectivity index is 2.35. The number of carboxylic acid groups (broad SMARTS) is 2. The Morgan fingerprint density at radius 2 is 1.88 bits per heavy atom. The van der Waals surface area contributed by atoms with Crippen LogP contribution in [0, 0.1) is 6.92 Å². The summed E-state index contributed by atoms with van der Waals surface area (Å²) in [7, 11) is -4.28. The molecule has 0 saturated carbocycles. The van der Waals surface area contributed by atoms with E-state index in [0.29, 0.717) is 10.7 Å². The minimum Gasteiger partial charge on any atom is -0.481 e. The van der Waals surface area contributed by atoms with E-state index in [-0.39, 0.29) is 10.6 Å². The van der Waals surface area contributed by atoms with Crippen LogP contribution in [0.5, 0.6) is 0 Å². The minimum atomic E-state index is -4.28. The fraction of sp³-hybridized carbons (Fsp3) is 0.214. The number of rotatable bonds is 7. The molecule has 0 aliphatic rings. The number of nitrogens with zero attached hydrogens (tertiary/aromatic N) is 2. The molecule has 0 spiro atoms. The summed E-state index contributed by atoms with van der Waals surface area (Å²) in [5.74, 6) is -3.03. The predicted octanol–water partition coefficient (Wildman–Crippen LogP) is 1.04. The van der Waals surface area contributed by atoms with Gasteiger partial charge in [-0.2, -0.15) is 9.82 Å². The number of sulfonamides is 1. The number of halogens is 1. The number of carbonyl (C=O) groups is 2. The lowest BCUT2D eigenvalue weighted by Crippen LogP contribution is -2.42. The second-order valence-corrected chi connectivity index (χ2v) is 7.21. The van der Waals surface area contributed by atoms with Crippen molar-refractivity contribution in [1.29, 1.82) is 0 Å². The average Bonchev–Trinajstić information content (AvgIpc) is 2.89. The number of hydrogen-bond acceptors (Lipinski definition) is 5. The maximum Gasteiger partial charge on any atom is 0.322 e. The van der Waals surface area contributed by atoms with Crippen LogP contribution in [0.1, 0.15) is 12.1 Å². The van der Waals surface area contributed by atoms with Gasteiger partial charge in [0.25, 0.3) is 0 Å². The Morgan fingerprint density at radius 3 is 2.40 bits per heavy atom. The lowest BCUT2D eigenvalue weighted by atomic mass is 10.2. The Bertz CT molecular complexity index is 907. The molecular formula is C14H14ClN3O6S. The van der Waals surface area contributed by atoms with Gasteiger partial charge >= 0.3 is 11.9 Å². The minimum absolute atomic E-state index is 0.231. The predicted molar refractivity (Wildman–Crippen MR) is 87.3 cm³/mol. The van der Waals surface area contributed by atoms with Crippen LogP contribution in [0.4, 0.5) is 0 Å². The molecule has 0 saturated heterocycles. The van der Waals surface area contributed by atoms with E-state index in [2.05, 4.69) is 5.10 Å². The fourth-order valence-corrected chi connectivity index (χ4v) is 3.58. The molecule has 134 valence electrons. The van der Waals surface area contributed by atoms with E-state index in [1.807, 2.05) is 4.72 Å². The monoisotopic (exact) mass is 387 g/mol. The summed E-state index contributed by atoms with van der Waals surface area (Å²) in [5.41, 5.74) is 0.790. The lowest BCUT2D eigenvalue weighted by Gasteiger charge is -2.12. The number of nitrogens with one attached hydrogen (secondary N) is 1. The number of carboxylic acids is 2. The van der Waals surface area contributed by atoms with Gasteiger partial charge in [0, 0.05) is 5.02 Å². The van der Waals surface area contributed by atoms with Gasteiger partial charge in [-0.15, -0.1) is 0 Å². The zero-order valence-corrected chi connectivity index (χ0v) is 14.5. The van der Waals surface area contributed by atoms with Gasteiger partial charge in [-0.05, 0) is 31.2 Å². The van der Waals surface area contributed by atoms with Crippen molar-refractivity contribution in [1.82, 2.24) is 14.5 Å². The van der Waals surface area contributed by atoms with Crippen molar-refractivity contribution in [2.45, 2.75) is 24.3 Å². The molecular weight excluding hydrogens is 374 g/mol. The molecule has 0 aliphatic heterocycles. The van der Waals surface area contributed by atoms with Gasteiger partial charge in [0.05, 0.1) is 24.0 Å². The van der Waals surface area contributed by atoms with E-state index < -0.39 is 34.4 Å². The maximum atomic E-state index is 12.4. The largest absolute Gasteiger partial charge is 0.481 e. The SMILES string of the molecule is Cc1c(S(=O)(=O)N[C@@H](CC(=O)O)C(=O)O)cnn1-c1ccc(Cl)cc1. The highest BCUT2D eigenvalue weighted by atomic mass is 35.5. The third kappa shape index (κ3) is 4.35. The van der Waals surface area contributed by atoms with Crippen molar-refractivity contribution >= 4 is 33.6 Å². The standard InChI is InChI=1S/C14H14ClN3O6S/c1-8-12(7-16-18(8)10-4-2-9(15)3-5-10)25(23,24)17-11(14(21)22)6-13(19)20/h2-5,7,11,17H,6H2,1H3,(H,19,20)(H,21,22)/t11-/m0/s1. The maximum absolute atomic E-state index is 12.4.